The normalized spacial score (nSPS) is 12.6. The minimum Gasteiger partial charge on any atom is -0.468 e. The highest BCUT2D eigenvalue weighted by atomic mass is 16.7. The lowest BCUT2D eigenvalue weighted by molar-refractivity contribution is -0.156. The smallest absolute Gasteiger partial charge is 0.468 e. The third-order valence-electron chi connectivity index (χ3n) is 4.75. The van der Waals surface area contributed by atoms with E-state index in [2.05, 4.69) is 0 Å². The fraction of sp³-hybridized carbons (Fsp3) is 0.600. The molecule has 0 saturated heterocycles. The molecule has 36 heavy (non-hydrogen) atoms. The van der Waals surface area contributed by atoms with Gasteiger partial charge in [-0.25, -0.2) is 9.59 Å². The lowest BCUT2D eigenvalue weighted by Crippen LogP contribution is -2.51. The first-order valence-corrected chi connectivity index (χ1v) is 11.7. The molecule has 1 aromatic carbocycles. The van der Waals surface area contributed by atoms with E-state index in [0.717, 1.165) is 0 Å². The van der Waals surface area contributed by atoms with Crippen LogP contribution in [-0.4, -0.2) is 56.7 Å². The van der Waals surface area contributed by atoms with Crippen molar-refractivity contribution < 1.29 is 47.6 Å². The number of esters is 2. The zero-order valence-electron chi connectivity index (χ0n) is 21.8. The first-order valence-electron chi connectivity index (χ1n) is 11.7. The Balaban J connectivity index is 3.15. The number of hydrogen-bond donors (Lipinski definition) is 1. The maximum atomic E-state index is 12.5. The van der Waals surface area contributed by atoms with Gasteiger partial charge in [0, 0.05) is 12.8 Å². The molecule has 0 aliphatic heterocycles. The lowest BCUT2D eigenvalue weighted by atomic mass is 9.88. The van der Waals surface area contributed by atoms with Crippen LogP contribution in [0.3, 0.4) is 0 Å². The van der Waals surface area contributed by atoms with Gasteiger partial charge in [0.25, 0.3) is 0 Å². The number of benzene rings is 1. The third-order valence-corrected chi connectivity index (χ3v) is 4.75. The van der Waals surface area contributed by atoms with E-state index in [1.165, 1.54) is 19.2 Å². The second kappa shape index (κ2) is 14.3. The van der Waals surface area contributed by atoms with Crippen LogP contribution in [0.25, 0.3) is 0 Å². The van der Waals surface area contributed by atoms with Crippen molar-refractivity contribution in [3.05, 3.63) is 23.8 Å². The van der Waals surface area contributed by atoms with Gasteiger partial charge in [-0.15, -0.1) is 0 Å². The van der Waals surface area contributed by atoms with E-state index in [9.17, 15) is 19.2 Å². The van der Waals surface area contributed by atoms with Crippen molar-refractivity contribution in [1.82, 2.24) is 0 Å². The fourth-order valence-corrected chi connectivity index (χ4v) is 2.81. The number of methoxy groups -OCH3 is 1. The summed E-state index contributed by atoms with van der Waals surface area (Å²) in [4.78, 5) is 48.6. The number of carbonyl (C=O) groups excluding carboxylic acids is 4. The minimum atomic E-state index is -1.56. The van der Waals surface area contributed by atoms with Gasteiger partial charge in [-0.3, -0.25) is 9.59 Å². The molecule has 0 fully saturated rings. The van der Waals surface area contributed by atoms with Crippen LogP contribution in [0.15, 0.2) is 18.2 Å². The van der Waals surface area contributed by atoms with E-state index in [1.54, 1.807) is 26.8 Å². The van der Waals surface area contributed by atoms with Crippen molar-refractivity contribution in [2.24, 2.45) is 11.1 Å². The largest absolute Gasteiger partial charge is 0.513 e. The number of nitrogens with two attached hydrogens (primary N) is 1. The van der Waals surface area contributed by atoms with E-state index in [1.807, 2.05) is 13.8 Å². The molecule has 0 radical (unpaired) electrons. The average Bonchev–Trinajstić information content (AvgIpc) is 2.81. The minimum absolute atomic E-state index is 0.0299. The standard InChI is InChI=1S/C25H37NO10/c1-7-12-33-22(29)35-18-10-9-17(15-19(18)36-23(30)34-13-8-2)16-25(26,21(28)31-6)11-14-32-20(27)24(3,4)5/h9-10,15H,7-8,11-14,16,26H2,1-6H3/t25-/m1/s1. The van der Waals surface area contributed by atoms with Crippen LogP contribution in [0.1, 0.15) is 59.4 Å². The molecule has 0 unspecified atom stereocenters. The van der Waals surface area contributed by atoms with Crippen molar-refractivity contribution in [2.45, 2.75) is 65.8 Å². The number of carbonyl (C=O) groups is 4. The van der Waals surface area contributed by atoms with Crippen molar-refractivity contribution in [2.75, 3.05) is 26.9 Å². The van der Waals surface area contributed by atoms with Gasteiger partial charge >= 0.3 is 24.2 Å². The Morgan fingerprint density at radius 2 is 1.36 bits per heavy atom. The van der Waals surface area contributed by atoms with E-state index < -0.39 is 35.2 Å². The van der Waals surface area contributed by atoms with Crippen molar-refractivity contribution >= 4 is 24.2 Å². The monoisotopic (exact) mass is 511 g/mol. The van der Waals surface area contributed by atoms with Crippen LogP contribution >= 0.6 is 0 Å². The lowest BCUT2D eigenvalue weighted by Gasteiger charge is -2.27. The van der Waals surface area contributed by atoms with Gasteiger partial charge in [-0.05, 0) is 51.3 Å². The predicted octanol–water partition coefficient (Wildman–Crippen LogP) is 3.93. The summed E-state index contributed by atoms with van der Waals surface area (Å²) >= 11 is 0. The second-order valence-electron chi connectivity index (χ2n) is 9.14. The zero-order chi connectivity index (χ0) is 27.4. The van der Waals surface area contributed by atoms with Crippen molar-refractivity contribution in [3.63, 3.8) is 0 Å². The molecule has 0 heterocycles. The van der Waals surface area contributed by atoms with Gasteiger partial charge in [-0.1, -0.05) is 19.9 Å². The molecular weight excluding hydrogens is 474 g/mol. The molecule has 202 valence electrons. The van der Waals surface area contributed by atoms with E-state index in [-0.39, 0.29) is 44.2 Å². The Labute approximate surface area is 211 Å². The molecule has 1 rings (SSSR count). The molecule has 0 aliphatic rings. The molecule has 2 N–H and O–H groups in total. The molecule has 0 saturated carbocycles. The van der Waals surface area contributed by atoms with E-state index in [4.69, 9.17) is 34.2 Å². The zero-order valence-corrected chi connectivity index (χ0v) is 21.8. The van der Waals surface area contributed by atoms with Crippen LogP contribution in [0.5, 0.6) is 11.5 Å². The van der Waals surface area contributed by atoms with Gasteiger partial charge in [0.2, 0.25) is 0 Å². The van der Waals surface area contributed by atoms with Crippen molar-refractivity contribution in [3.8, 4) is 11.5 Å². The van der Waals surface area contributed by atoms with Gasteiger partial charge in [0.1, 0.15) is 5.54 Å². The summed E-state index contributed by atoms with van der Waals surface area (Å²) < 4.78 is 30.4. The molecule has 0 aliphatic carbocycles. The van der Waals surface area contributed by atoms with Gasteiger partial charge in [0.05, 0.1) is 32.3 Å². The topological polar surface area (TPSA) is 150 Å². The molecule has 0 amide bonds. The summed E-state index contributed by atoms with van der Waals surface area (Å²) in [6, 6.07) is 4.31. The molecule has 1 atom stereocenters. The van der Waals surface area contributed by atoms with E-state index in [0.29, 0.717) is 18.4 Å². The second-order valence-corrected chi connectivity index (χ2v) is 9.14. The molecule has 0 spiro atoms. The first-order chi connectivity index (χ1) is 16.9. The van der Waals surface area contributed by atoms with E-state index >= 15 is 0 Å². The number of hydrogen-bond acceptors (Lipinski definition) is 11. The molecule has 0 bridgehead atoms. The SMILES string of the molecule is CCCOC(=O)Oc1ccc(C[C@](N)(CCOC(=O)C(C)(C)C)C(=O)OC)cc1OC(=O)OCCC. The summed E-state index contributed by atoms with van der Waals surface area (Å²) in [6.07, 6.45) is -0.888. The summed E-state index contributed by atoms with van der Waals surface area (Å²) in [5, 5.41) is 0. The Hall–Kier alpha value is -3.34. The van der Waals surface area contributed by atoms with Crippen molar-refractivity contribution in [1.29, 1.82) is 0 Å². The number of ether oxygens (including phenoxy) is 6. The van der Waals surface area contributed by atoms with Gasteiger partial charge < -0.3 is 34.2 Å². The first kappa shape index (κ1) is 30.7. The molecular formula is C25H37NO10. The molecule has 11 nitrogen and oxygen atoms in total. The predicted molar refractivity (Wildman–Crippen MR) is 129 cm³/mol. The number of rotatable bonds is 12. The Kier molecular flexibility index (Phi) is 12.2. The summed E-state index contributed by atoms with van der Waals surface area (Å²) in [6.45, 7) is 8.94. The highest BCUT2D eigenvalue weighted by molar-refractivity contribution is 5.81. The third kappa shape index (κ3) is 10.1. The van der Waals surface area contributed by atoms with Crippen LogP contribution in [-0.2, 0) is 35.0 Å². The van der Waals surface area contributed by atoms with Crippen LogP contribution in [0.4, 0.5) is 9.59 Å². The highest BCUT2D eigenvalue weighted by Crippen LogP contribution is 2.31. The Morgan fingerprint density at radius 1 is 0.806 bits per heavy atom. The van der Waals surface area contributed by atoms with Crippen LogP contribution in [0.2, 0.25) is 0 Å². The molecule has 0 aromatic heterocycles. The quantitative estimate of drug-likeness (QED) is 0.247. The summed E-state index contributed by atoms with van der Waals surface area (Å²) in [7, 11) is 1.20. The molecule has 1 aromatic rings. The van der Waals surface area contributed by atoms with Gasteiger partial charge in [-0.2, -0.15) is 0 Å². The summed E-state index contributed by atoms with van der Waals surface area (Å²) in [5.41, 5.74) is 4.55. The fourth-order valence-electron chi connectivity index (χ4n) is 2.81. The molecule has 11 heteroatoms. The Bertz CT molecular complexity index is 909. The van der Waals surface area contributed by atoms with Crippen LogP contribution < -0.4 is 15.2 Å². The van der Waals surface area contributed by atoms with Crippen LogP contribution in [0, 0.1) is 5.41 Å². The van der Waals surface area contributed by atoms with Gasteiger partial charge in [0.15, 0.2) is 11.5 Å². The maximum absolute atomic E-state index is 12.5. The average molecular weight is 512 g/mol. The maximum Gasteiger partial charge on any atom is 0.513 e. The Morgan fingerprint density at radius 3 is 1.86 bits per heavy atom. The highest BCUT2D eigenvalue weighted by Gasteiger charge is 2.36. The summed E-state index contributed by atoms with van der Waals surface area (Å²) in [5.74, 6) is -1.38.